The van der Waals surface area contributed by atoms with Crippen molar-refractivity contribution in [3.05, 3.63) is 33.3 Å². The fraction of sp³-hybridized carbons (Fsp3) is 0.455. The predicted molar refractivity (Wildman–Crippen MR) is 74.3 cm³/mol. The Balaban J connectivity index is 2.06. The molecular formula is C11H14ClN3O4S. The highest BCUT2D eigenvalue weighted by Crippen LogP contribution is 2.25. The molecule has 1 aliphatic carbocycles. The zero-order chi connectivity index (χ0) is 14.8. The molecular weight excluding hydrogens is 306 g/mol. The van der Waals surface area contributed by atoms with Gasteiger partial charge in [-0.05, 0) is 18.9 Å². The van der Waals surface area contributed by atoms with Gasteiger partial charge in [-0.1, -0.05) is 11.6 Å². The minimum absolute atomic E-state index is 0.0433. The molecule has 1 aliphatic rings. The Morgan fingerprint density at radius 1 is 1.35 bits per heavy atom. The molecule has 1 aromatic carbocycles. The third-order valence-corrected chi connectivity index (χ3v) is 4.79. The Hall–Kier alpha value is -1.22. The summed E-state index contributed by atoms with van der Waals surface area (Å²) in [5.74, 6) is 0. The summed E-state index contributed by atoms with van der Waals surface area (Å²) in [7, 11) is -3.85. The van der Waals surface area contributed by atoms with Crippen LogP contribution in [0.2, 0.25) is 5.02 Å². The van der Waals surface area contributed by atoms with Crippen molar-refractivity contribution in [1.29, 1.82) is 0 Å². The van der Waals surface area contributed by atoms with Crippen LogP contribution < -0.4 is 10.0 Å². The van der Waals surface area contributed by atoms with Crippen LogP contribution in [0.4, 0.5) is 5.69 Å². The molecule has 0 heterocycles. The van der Waals surface area contributed by atoms with Crippen LogP contribution in [0.25, 0.3) is 0 Å². The van der Waals surface area contributed by atoms with Crippen LogP contribution in [-0.4, -0.2) is 32.5 Å². The molecule has 0 bridgehead atoms. The fourth-order valence-corrected chi connectivity index (χ4v) is 3.19. The quantitative estimate of drug-likeness (QED) is 0.448. The van der Waals surface area contributed by atoms with E-state index in [0.29, 0.717) is 12.6 Å². The molecule has 1 fully saturated rings. The topological polar surface area (TPSA) is 101 Å². The van der Waals surface area contributed by atoms with Gasteiger partial charge in [0, 0.05) is 31.3 Å². The average Bonchev–Trinajstić information content (AvgIpc) is 3.18. The lowest BCUT2D eigenvalue weighted by molar-refractivity contribution is -0.385. The summed E-state index contributed by atoms with van der Waals surface area (Å²) >= 11 is 5.80. The fourth-order valence-electron chi connectivity index (χ4n) is 1.64. The van der Waals surface area contributed by atoms with Crippen LogP contribution in [0.1, 0.15) is 12.8 Å². The zero-order valence-corrected chi connectivity index (χ0v) is 12.1. The molecule has 0 radical (unpaired) electrons. The Morgan fingerprint density at radius 2 is 2.05 bits per heavy atom. The number of nitrogens with zero attached hydrogens (tertiary/aromatic N) is 1. The second-order valence-electron chi connectivity index (χ2n) is 4.50. The van der Waals surface area contributed by atoms with Crippen LogP contribution in [0, 0.1) is 10.1 Å². The molecule has 0 aliphatic heterocycles. The Labute approximate surface area is 121 Å². The van der Waals surface area contributed by atoms with Gasteiger partial charge in [-0.3, -0.25) is 10.1 Å². The van der Waals surface area contributed by atoms with E-state index in [2.05, 4.69) is 10.0 Å². The van der Waals surface area contributed by atoms with E-state index in [1.54, 1.807) is 0 Å². The van der Waals surface area contributed by atoms with E-state index in [9.17, 15) is 18.5 Å². The molecule has 0 spiro atoms. The van der Waals surface area contributed by atoms with Crippen LogP contribution in [0.15, 0.2) is 23.1 Å². The van der Waals surface area contributed by atoms with E-state index >= 15 is 0 Å². The van der Waals surface area contributed by atoms with Crippen LogP contribution in [0.5, 0.6) is 0 Å². The van der Waals surface area contributed by atoms with E-state index < -0.39 is 14.9 Å². The van der Waals surface area contributed by atoms with E-state index in [-0.39, 0.29) is 22.2 Å². The normalized spacial score (nSPS) is 15.2. The van der Waals surface area contributed by atoms with Crippen LogP contribution >= 0.6 is 11.6 Å². The smallest absolute Gasteiger partial charge is 0.270 e. The molecule has 9 heteroatoms. The number of sulfonamides is 1. The number of hydrogen-bond donors (Lipinski definition) is 2. The number of benzene rings is 1. The molecule has 0 aromatic heterocycles. The first kappa shape index (κ1) is 15.2. The van der Waals surface area contributed by atoms with E-state index in [0.717, 1.165) is 25.0 Å². The average molecular weight is 320 g/mol. The van der Waals surface area contributed by atoms with Gasteiger partial charge in [0.1, 0.15) is 4.90 Å². The second kappa shape index (κ2) is 6.04. The number of nitro groups is 1. The van der Waals surface area contributed by atoms with Gasteiger partial charge in [0.25, 0.3) is 5.69 Å². The molecule has 0 unspecified atom stereocenters. The third kappa shape index (κ3) is 3.89. The number of halogens is 1. The summed E-state index contributed by atoms with van der Waals surface area (Å²) in [6, 6.07) is 3.81. The molecule has 2 rings (SSSR count). The highest BCUT2D eigenvalue weighted by molar-refractivity contribution is 7.89. The first-order chi connectivity index (χ1) is 9.40. The monoisotopic (exact) mass is 319 g/mol. The van der Waals surface area contributed by atoms with Crippen LogP contribution in [0.3, 0.4) is 0 Å². The lowest BCUT2D eigenvalue weighted by Gasteiger charge is -2.08. The lowest BCUT2D eigenvalue weighted by Crippen LogP contribution is -2.32. The lowest BCUT2D eigenvalue weighted by atomic mass is 10.3. The summed E-state index contributed by atoms with van der Waals surface area (Å²) in [5, 5.41) is 13.8. The first-order valence-corrected chi connectivity index (χ1v) is 7.93. The van der Waals surface area contributed by atoms with Crippen molar-refractivity contribution in [1.82, 2.24) is 10.0 Å². The molecule has 110 valence electrons. The summed E-state index contributed by atoms with van der Waals surface area (Å²) in [6.45, 7) is 0.717. The maximum atomic E-state index is 12.0. The number of rotatable bonds is 7. The first-order valence-electron chi connectivity index (χ1n) is 6.07. The maximum Gasteiger partial charge on any atom is 0.270 e. The minimum atomic E-state index is -3.85. The maximum absolute atomic E-state index is 12.0. The molecule has 1 saturated carbocycles. The number of nitro benzene ring substituents is 1. The van der Waals surface area contributed by atoms with Gasteiger partial charge >= 0.3 is 0 Å². The van der Waals surface area contributed by atoms with Gasteiger partial charge in [0.2, 0.25) is 10.0 Å². The highest BCUT2D eigenvalue weighted by Gasteiger charge is 2.22. The largest absolute Gasteiger partial charge is 0.313 e. The summed E-state index contributed by atoms with van der Waals surface area (Å²) < 4.78 is 26.5. The van der Waals surface area contributed by atoms with Crippen molar-refractivity contribution in [3.8, 4) is 0 Å². The van der Waals surface area contributed by atoms with Crippen molar-refractivity contribution in [2.45, 2.75) is 23.8 Å². The summed E-state index contributed by atoms with van der Waals surface area (Å²) in [4.78, 5) is 9.73. The number of non-ortho nitro benzene ring substituents is 1. The summed E-state index contributed by atoms with van der Waals surface area (Å²) in [6.07, 6.45) is 2.23. The SMILES string of the molecule is O=[N+]([O-])c1ccc(Cl)c(S(=O)(=O)NCCNC2CC2)c1. The predicted octanol–water partition coefficient (Wildman–Crippen LogP) is 1.28. The van der Waals surface area contributed by atoms with Gasteiger partial charge in [-0.2, -0.15) is 0 Å². The Bertz CT molecular complexity index is 616. The molecule has 2 N–H and O–H groups in total. The third-order valence-electron chi connectivity index (χ3n) is 2.84. The molecule has 7 nitrogen and oxygen atoms in total. The summed E-state index contributed by atoms with van der Waals surface area (Å²) in [5.41, 5.74) is -0.314. The minimum Gasteiger partial charge on any atom is -0.313 e. The van der Waals surface area contributed by atoms with Gasteiger partial charge in [0.05, 0.1) is 9.95 Å². The van der Waals surface area contributed by atoms with Crippen molar-refractivity contribution in [3.63, 3.8) is 0 Å². The van der Waals surface area contributed by atoms with Gasteiger partial charge < -0.3 is 5.32 Å². The van der Waals surface area contributed by atoms with Crippen molar-refractivity contribution in [2.24, 2.45) is 0 Å². The van der Waals surface area contributed by atoms with Crippen molar-refractivity contribution >= 4 is 27.3 Å². The Kier molecular flexibility index (Phi) is 4.59. The molecule has 20 heavy (non-hydrogen) atoms. The van der Waals surface area contributed by atoms with Crippen molar-refractivity contribution < 1.29 is 13.3 Å². The molecule has 0 amide bonds. The second-order valence-corrected chi connectivity index (χ2v) is 6.64. The van der Waals surface area contributed by atoms with Gasteiger partial charge in [-0.25, -0.2) is 13.1 Å². The van der Waals surface area contributed by atoms with E-state index in [1.165, 1.54) is 6.07 Å². The van der Waals surface area contributed by atoms with Gasteiger partial charge in [-0.15, -0.1) is 0 Å². The highest BCUT2D eigenvalue weighted by atomic mass is 35.5. The van der Waals surface area contributed by atoms with E-state index in [1.807, 2.05) is 0 Å². The van der Waals surface area contributed by atoms with Crippen LogP contribution in [-0.2, 0) is 10.0 Å². The zero-order valence-electron chi connectivity index (χ0n) is 10.5. The number of nitrogens with one attached hydrogen (secondary N) is 2. The molecule has 0 saturated heterocycles. The van der Waals surface area contributed by atoms with Gasteiger partial charge in [0.15, 0.2) is 0 Å². The van der Waals surface area contributed by atoms with Crippen molar-refractivity contribution in [2.75, 3.05) is 13.1 Å². The molecule has 0 atom stereocenters. The molecule has 1 aromatic rings. The Morgan fingerprint density at radius 3 is 2.65 bits per heavy atom. The van der Waals surface area contributed by atoms with E-state index in [4.69, 9.17) is 11.6 Å². The number of hydrogen-bond acceptors (Lipinski definition) is 5. The standard InChI is InChI=1S/C11H14ClN3O4S/c12-10-4-3-9(15(16)17)7-11(10)20(18,19)14-6-5-13-8-1-2-8/h3-4,7-8,13-14H,1-2,5-6H2.